The minimum atomic E-state index is -1.42. The van der Waals surface area contributed by atoms with E-state index >= 15 is 0 Å². The van der Waals surface area contributed by atoms with Crippen LogP contribution in [0.3, 0.4) is 0 Å². The fourth-order valence-electron chi connectivity index (χ4n) is 4.61. The van der Waals surface area contributed by atoms with Crippen molar-refractivity contribution < 1.29 is 37.6 Å². The van der Waals surface area contributed by atoms with Gasteiger partial charge in [-0.2, -0.15) is 4.39 Å². The Morgan fingerprint density at radius 2 is 1.94 bits per heavy atom. The van der Waals surface area contributed by atoms with Gasteiger partial charge in [-0.05, 0) is 39.0 Å². The summed E-state index contributed by atoms with van der Waals surface area (Å²) < 4.78 is 58.8. The van der Waals surface area contributed by atoms with Crippen LogP contribution in [-0.2, 0) is 18.9 Å². The Labute approximate surface area is 194 Å². The van der Waals surface area contributed by atoms with E-state index < -0.39 is 53.8 Å². The van der Waals surface area contributed by atoms with E-state index in [1.807, 2.05) is 19.2 Å². The number of aliphatic hydroxyl groups excluding tert-OH is 1. The highest BCUT2D eigenvalue weighted by atomic mass is 19.2. The van der Waals surface area contributed by atoms with Crippen LogP contribution in [0.1, 0.15) is 37.4 Å². The number of fused-ring (bicyclic) bond motifs is 2. The van der Waals surface area contributed by atoms with Crippen LogP contribution < -0.4 is 4.74 Å². The van der Waals surface area contributed by atoms with Crippen molar-refractivity contribution in [3.8, 4) is 5.75 Å². The van der Waals surface area contributed by atoms with Gasteiger partial charge in [0.2, 0.25) is 5.82 Å². The molecule has 1 unspecified atom stereocenters. The first kappa shape index (κ1) is 23.1. The van der Waals surface area contributed by atoms with Crippen molar-refractivity contribution in [1.82, 2.24) is 14.5 Å². The molecule has 2 aromatic heterocycles. The van der Waals surface area contributed by atoms with Gasteiger partial charge in [-0.1, -0.05) is 0 Å². The van der Waals surface area contributed by atoms with E-state index in [4.69, 9.17) is 23.7 Å². The first-order valence-corrected chi connectivity index (χ1v) is 10.8. The molecule has 3 aromatic rings. The van der Waals surface area contributed by atoms with E-state index in [1.165, 1.54) is 19.5 Å². The van der Waals surface area contributed by atoms with Crippen LogP contribution in [0, 0.1) is 18.6 Å². The maximum absolute atomic E-state index is 14.6. The molecule has 4 heterocycles. The van der Waals surface area contributed by atoms with Crippen molar-refractivity contribution in [2.75, 3.05) is 13.9 Å². The van der Waals surface area contributed by atoms with Gasteiger partial charge in [0.1, 0.15) is 36.4 Å². The summed E-state index contributed by atoms with van der Waals surface area (Å²) in [6.45, 7) is 5.07. The average Bonchev–Trinajstić information content (AvgIpc) is 3.45. The van der Waals surface area contributed by atoms with E-state index in [0.717, 1.165) is 17.1 Å². The lowest BCUT2D eigenvalue weighted by Gasteiger charge is -2.28. The smallest absolute Gasteiger partial charge is 0.201 e. The Morgan fingerprint density at radius 3 is 2.71 bits per heavy atom. The van der Waals surface area contributed by atoms with Crippen LogP contribution in [0.5, 0.6) is 5.75 Å². The van der Waals surface area contributed by atoms with E-state index in [1.54, 1.807) is 18.4 Å². The SMILES string of the molecule is COCOc1c([C@@H](O)[C@H]2O[C@@H](n3ccc4c(C)ncnc43)[C@@H]3OC(C)(C)OC32)ccc(F)c1F. The average molecular weight is 477 g/mol. The third kappa shape index (κ3) is 3.73. The van der Waals surface area contributed by atoms with Crippen LogP contribution >= 0.6 is 0 Å². The van der Waals surface area contributed by atoms with Gasteiger partial charge in [-0.3, -0.25) is 0 Å². The van der Waals surface area contributed by atoms with Crippen LogP contribution in [0.25, 0.3) is 11.0 Å². The predicted molar refractivity (Wildman–Crippen MR) is 114 cm³/mol. The second kappa shape index (κ2) is 8.51. The predicted octanol–water partition coefficient (Wildman–Crippen LogP) is 3.15. The molecule has 5 rings (SSSR count). The van der Waals surface area contributed by atoms with Crippen molar-refractivity contribution in [2.24, 2.45) is 0 Å². The monoisotopic (exact) mass is 477 g/mol. The Bertz CT molecular complexity index is 1220. The molecule has 34 heavy (non-hydrogen) atoms. The van der Waals surface area contributed by atoms with Crippen LogP contribution in [0.15, 0.2) is 30.7 Å². The first-order valence-electron chi connectivity index (χ1n) is 10.8. The van der Waals surface area contributed by atoms with Gasteiger partial charge in [0, 0.05) is 24.3 Å². The minimum absolute atomic E-state index is 0.00388. The molecule has 9 nitrogen and oxygen atoms in total. The maximum atomic E-state index is 14.6. The molecule has 1 aromatic carbocycles. The van der Waals surface area contributed by atoms with Gasteiger partial charge in [0.05, 0.1) is 5.69 Å². The number of benzene rings is 1. The molecular formula is C23H25F2N3O6. The molecule has 2 fully saturated rings. The number of rotatable bonds is 6. The highest BCUT2D eigenvalue weighted by molar-refractivity contribution is 5.78. The topological polar surface area (TPSA) is 97.1 Å². The molecule has 0 amide bonds. The Kier molecular flexibility index (Phi) is 5.77. The Balaban J connectivity index is 1.54. The van der Waals surface area contributed by atoms with Gasteiger partial charge < -0.3 is 33.4 Å². The van der Waals surface area contributed by atoms with Gasteiger partial charge in [-0.25, -0.2) is 14.4 Å². The zero-order valence-electron chi connectivity index (χ0n) is 19.1. The van der Waals surface area contributed by atoms with Gasteiger partial charge in [0.15, 0.2) is 30.4 Å². The first-order chi connectivity index (χ1) is 16.2. The summed E-state index contributed by atoms with van der Waals surface area (Å²) in [6.07, 6.45) is -1.15. The molecule has 11 heteroatoms. The van der Waals surface area contributed by atoms with E-state index in [0.29, 0.717) is 5.65 Å². The summed E-state index contributed by atoms with van der Waals surface area (Å²) in [5, 5.41) is 12.1. The quantitative estimate of drug-likeness (QED) is 0.541. The number of hydrogen-bond donors (Lipinski definition) is 1. The molecule has 0 radical (unpaired) electrons. The fourth-order valence-corrected chi connectivity index (χ4v) is 4.61. The lowest BCUT2D eigenvalue weighted by molar-refractivity contribution is -0.207. The molecule has 2 aliphatic heterocycles. The molecule has 5 atom stereocenters. The summed E-state index contributed by atoms with van der Waals surface area (Å²) >= 11 is 0. The van der Waals surface area contributed by atoms with Crippen LogP contribution in [0.4, 0.5) is 8.78 Å². The van der Waals surface area contributed by atoms with Crippen molar-refractivity contribution in [3.63, 3.8) is 0 Å². The summed E-state index contributed by atoms with van der Waals surface area (Å²) in [7, 11) is 1.35. The number of hydrogen-bond acceptors (Lipinski definition) is 8. The number of aromatic nitrogens is 3. The molecule has 182 valence electrons. The molecule has 2 saturated heterocycles. The lowest BCUT2D eigenvalue weighted by Crippen LogP contribution is -2.34. The van der Waals surface area contributed by atoms with Crippen molar-refractivity contribution in [1.29, 1.82) is 0 Å². The number of aliphatic hydroxyl groups is 1. The second-order valence-electron chi connectivity index (χ2n) is 8.75. The number of nitrogens with zero attached hydrogens (tertiary/aromatic N) is 3. The van der Waals surface area contributed by atoms with Gasteiger partial charge in [0.25, 0.3) is 0 Å². The van der Waals surface area contributed by atoms with Crippen LogP contribution in [0.2, 0.25) is 0 Å². The zero-order valence-corrected chi connectivity index (χ0v) is 19.1. The summed E-state index contributed by atoms with van der Waals surface area (Å²) in [6, 6.07) is 4.05. The molecule has 1 N–H and O–H groups in total. The lowest BCUT2D eigenvalue weighted by atomic mass is 9.98. The molecular weight excluding hydrogens is 452 g/mol. The Morgan fingerprint density at radius 1 is 1.18 bits per heavy atom. The highest BCUT2D eigenvalue weighted by Gasteiger charge is 2.58. The second-order valence-corrected chi connectivity index (χ2v) is 8.75. The normalized spacial score (nSPS) is 26.7. The standard InChI is InChI=1S/C23H25F2N3O6/c1-11-12-7-8-28(21(12)27-9-26-11)22-20-19(33-23(2,3)34-20)18(32-22)16(29)13-5-6-14(24)15(25)17(13)31-10-30-4/h5-9,16,18-20,22,29H,10H2,1-4H3/t16-,18-,19?,20-,22-/m1/s1. The number of methoxy groups -OCH3 is 1. The van der Waals surface area contributed by atoms with E-state index in [9.17, 15) is 13.9 Å². The van der Waals surface area contributed by atoms with Crippen molar-refractivity contribution in [3.05, 3.63) is 53.6 Å². The van der Waals surface area contributed by atoms with Gasteiger partial charge in [-0.15, -0.1) is 0 Å². The Hall–Kier alpha value is -2.70. The third-order valence-electron chi connectivity index (χ3n) is 6.08. The fraction of sp³-hybridized carbons (Fsp3) is 0.478. The third-order valence-corrected chi connectivity index (χ3v) is 6.08. The minimum Gasteiger partial charge on any atom is -0.464 e. The number of halogens is 2. The zero-order chi connectivity index (χ0) is 24.2. The van der Waals surface area contributed by atoms with E-state index in [2.05, 4.69) is 9.97 Å². The number of aryl methyl sites for hydroxylation is 1. The largest absolute Gasteiger partial charge is 0.464 e. The van der Waals surface area contributed by atoms with Crippen LogP contribution in [-0.4, -0.2) is 57.6 Å². The van der Waals surface area contributed by atoms with Crippen molar-refractivity contribution >= 4 is 11.0 Å². The van der Waals surface area contributed by atoms with Crippen molar-refractivity contribution in [2.45, 2.75) is 57.2 Å². The summed E-state index contributed by atoms with van der Waals surface area (Å²) in [5.41, 5.74) is 1.45. The molecule has 0 aliphatic carbocycles. The molecule has 0 bridgehead atoms. The van der Waals surface area contributed by atoms with E-state index in [-0.39, 0.29) is 12.4 Å². The molecule has 0 spiro atoms. The summed E-state index contributed by atoms with van der Waals surface area (Å²) in [5.74, 6) is -3.74. The maximum Gasteiger partial charge on any atom is 0.201 e. The summed E-state index contributed by atoms with van der Waals surface area (Å²) in [4.78, 5) is 8.60. The number of ether oxygens (including phenoxy) is 5. The molecule has 2 aliphatic rings. The highest BCUT2D eigenvalue weighted by Crippen LogP contribution is 2.48. The molecule has 0 saturated carbocycles. The van der Waals surface area contributed by atoms with Gasteiger partial charge >= 0.3 is 0 Å².